The normalized spacial score (nSPS) is 27.3. The molecule has 0 aromatic rings. The Kier molecular flexibility index (Phi) is 4.28. The number of nitrogens with zero attached hydrogens (tertiary/aromatic N) is 1. The zero-order chi connectivity index (χ0) is 12.3. The molecule has 1 rings (SSSR count). The SMILES string of the molecule is COC(=O)C(N)CN1CCS(=O)(=O)CC1C. The predicted octanol–water partition coefficient (Wildman–Crippen LogP) is -1.39. The van der Waals surface area contributed by atoms with E-state index in [1.54, 1.807) is 0 Å². The summed E-state index contributed by atoms with van der Waals surface area (Å²) >= 11 is 0. The lowest BCUT2D eigenvalue weighted by molar-refractivity contribution is -0.142. The lowest BCUT2D eigenvalue weighted by Gasteiger charge is -2.34. The molecular weight excluding hydrogens is 232 g/mol. The molecule has 1 aliphatic heterocycles. The minimum atomic E-state index is -2.93. The third-order valence-electron chi connectivity index (χ3n) is 2.74. The second kappa shape index (κ2) is 5.11. The summed E-state index contributed by atoms with van der Waals surface area (Å²) < 4.78 is 27.2. The van der Waals surface area contributed by atoms with Crippen LogP contribution in [0.25, 0.3) is 0 Å². The highest BCUT2D eigenvalue weighted by Crippen LogP contribution is 2.11. The Bertz CT molecular complexity index is 355. The van der Waals surface area contributed by atoms with E-state index in [2.05, 4.69) is 4.74 Å². The number of nitrogens with two attached hydrogens (primary N) is 1. The van der Waals surface area contributed by atoms with E-state index in [9.17, 15) is 13.2 Å². The van der Waals surface area contributed by atoms with Crippen LogP contribution in [0.3, 0.4) is 0 Å². The number of rotatable bonds is 3. The molecule has 2 N–H and O–H groups in total. The molecule has 0 bridgehead atoms. The van der Waals surface area contributed by atoms with Crippen LogP contribution in [0.5, 0.6) is 0 Å². The fourth-order valence-corrected chi connectivity index (χ4v) is 3.41. The van der Waals surface area contributed by atoms with Crippen molar-refractivity contribution < 1.29 is 17.9 Å². The maximum absolute atomic E-state index is 11.3. The van der Waals surface area contributed by atoms with Crippen molar-refractivity contribution in [1.82, 2.24) is 4.90 Å². The average molecular weight is 250 g/mol. The predicted molar refractivity (Wildman–Crippen MR) is 59.7 cm³/mol. The Balaban J connectivity index is 2.54. The Morgan fingerprint density at radius 1 is 1.62 bits per heavy atom. The van der Waals surface area contributed by atoms with Gasteiger partial charge in [-0.3, -0.25) is 9.69 Å². The monoisotopic (exact) mass is 250 g/mol. The van der Waals surface area contributed by atoms with Gasteiger partial charge >= 0.3 is 5.97 Å². The zero-order valence-corrected chi connectivity index (χ0v) is 10.4. The summed E-state index contributed by atoms with van der Waals surface area (Å²) in [5.41, 5.74) is 5.62. The first-order chi connectivity index (χ1) is 7.35. The minimum Gasteiger partial charge on any atom is -0.468 e. The molecule has 2 atom stereocenters. The van der Waals surface area contributed by atoms with Gasteiger partial charge in [-0.2, -0.15) is 0 Å². The molecule has 0 aromatic carbocycles. The third kappa shape index (κ3) is 3.43. The molecule has 1 saturated heterocycles. The van der Waals surface area contributed by atoms with E-state index in [1.165, 1.54) is 7.11 Å². The van der Waals surface area contributed by atoms with Crippen molar-refractivity contribution in [2.75, 3.05) is 31.7 Å². The van der Waals surface area contributed by atoms with E-state index < -0.39 is 21.8 Å². The van der Waals surface area contributed by atoms with Crippen LogP contribution >= 0.6 is 0 Å². The highest BCUT2D eigenvalue weighted by atomic mass is 32.2. The number of esters is 1. The van der Waals surface area contributed by atoms with Crippen LogP contribution in [0.4, 0.5) is 0 Å². The Morgan fingerprint density at radius 2 is 2.25 bits per heavy atom. The van der Waals surface area contributed by atoms with Crippen LogP contribution in [-0.4, -0.2) is 63.1 Å². The van der Waals surface area contributed by atoms with Gasteiger partial charge < -0.3 is 10.5 Å². The topological polar surface area (TPSA) is 89.7 Å². The van der Waals surface area contributed by atoms with E-state index in [1.807, 2.05) is 11.8 Å². The number of sulfone groups is 1. The van der Waals surface area contributed by atoms with Gasteiger partial charge in [0.2, 0.25) is 0 Å². The number of carbonyl (C=O) groups excluding carboxylic acids is 1. The minimum absolute atomic E-state index is 0.102. The van der Waals surface area contributed by atoms with E-state index in [-0.39, 0.29) is 17.5 Å². The Labute approximate surface area is 95.7 Å². The number of hydrogen-bond acceptors (Lipinski definition) is 6. The van der Waals surface area contributed by atoms with Crippen molar-refractivity contribution >= 4 is 15.8 Å². The van der Waals surface area contributed by atoms with Crippen LogP contribution in [0.1, 0.15) is 6.92 Å². The lowest BCUT2D eigenvalue weighted by Crippen LogP contribution is -2.52. The summed E-state index contributed by atoms with van der Waals surface area (Å²) in [7, 11) is -1.64. The molecule has 16 heavy (non-hydrogen) atoms. The standard InChI is InChI=1S/C9H18N2O4S/c1-7-6-16(13,14)4-3-11(7)5-8(10)9(12)15-2/h7-8H,3-6,10H2,1-2H3. The van der Waals surface area contributed by atoms with E-state index in [4.69, 9.17) is 5.73 Å². The van der Waals surface area contributed by atoms with E-state index in [0.717, 1.165) is 0 Å². The fraction of sp³-hybridized carbons (Fsp3) is 0.889. The molecule has 0 aliphatic carbocycles. The molecule has 0 radical (unpaired) electrons. The first kappa shape index (κ1) is 13.4. The van der Waals surface area contributed by atoms with Gasteiger partial charge in [0.25, 0.3) is 0 Å². The van der Waals surface area contributed by atoms with Crippen LogP contribution in [-0.2, 0) is 19.4 Å². The molecule has 0 aromatic heterocycles. The highest BCUT2D eigenvalue weighted by Gasteiger charge is 2.30. The lowest BCUT2D eigenvalue weighted by atomic mass is 10.2. The van der Waals surface area contributed by atoms with Gasteiger partial charge in [0.15, 0.2) is 9.84 Å². The molecule has 7 heteroatoms. The Hall–Kier alpha value is -0.660. The maximum atomic E-state index is 11.3. The molecule has 1 aliphatic rings. The summed E-state index contributed by atoms with van der Waals surface area (Å²) in [5, 5.41) is 0. The maximum Gasteiger partial charge on any atom is 0.323 e. The molecule has 6 nitrogen and oxygen atoms in total. The summed E-state index contributed by atoms with van der Waals surface area (Å²) in [4.78, 5) is 13.0. The van der Waals surface area contributed by atoms with Gasteiger partial charge in [-0.15, -0.1) is 0 Å². The zero-order valence-electron chi connectivity index (χ0n) is 9.55. The molecule has 0 spiro atoms. The number of carbonyl (C=O) groups is 1. The van der Waals surface area contributed by atoms with Crippen molar-refractivity contribution in [3.8, 4) is 0 Å². The second-order valence-corrected chi connectivity index (χ2v) is 6.32. The summed E-state index contributed by atoms with van der Waals surface area (Å²) in [6, 6.07) is -0.817. The van der Waals surface area contributed by atoms with Crippen LogP contribution < -0.4 is 5.73 Å². The van der Waals surface area contributed by atoms with Crippen LogP contribution in [0.15, 0.2) is 0 Å². The molecule has 2 unspecified atom stereocenters. The van der Waals surface area contributed by atoms with Gasteiger partial charge in [0.05, 0.1) is 18.6 Å². The van der Waals surface area contributed by atoms with Crippen molar-refractivity contribution in [1.29, 1.82) is 0 Å². The first-order valence-electron chi connectivity index (χ1n) is 5.13. The molecule has 0 amide bonds. The second-order valence-electron chi connectivity index (χ2n) is 4.09. The number of ether oxygens (including phenoxy) is 1. The van der Waals surface area contributed by atoms with Gasteiger partial charge in [0.1, 0.15) is 6.04 Å². The van der Waals surface area contributed by atoms with Crippen molar-refractivity contribution in [2.45, 2.75) is 19.0 Å². The van der Waals surface area contributed by atoms with Gasteiger partial charge in [-0.25, -0.2) is 8.42 Å². The summed E-state index contributed by atoms with van der Waals surface area (Å²) in [5.74, 6) is -0.216. The van der Waals surface area contributed by atoms with Gasteiger partial charge in [0, 0.05) is 19.1 Å². The molecular formula is C9H18N2O4S. The van der Waals surface area contributed by atoms with Crippen molar-refractivity contribution in [3.05, 3.63) is 0 Å². The molecule has 94 valence electrons. The number of hydrogen-bond donors (Lipinski definition) is 1. The highest BCUT2D eigenvalue weighted by molar-refractivity contribution is 7.91. The smallest absolute Gasteiger partial charge is 0.323 e. The molecule has 0 saturated carbocycles. The van der Waals surface area contributed by atoms with Gasteiger partial charge in [-0.05, 0) is 6.92 Å². The van der Waals surface area contributed by atoms with Crippen molar-refractivity contribution in [2.24, 2.45) is 5.73 Å². The fourth-order valence-electron chi connectivity index (χ4n) is 1.78. The summed E-state index contributed by atoms with van der Waals surface area (Å²) in [6.45, 7) is 2.58. The number of methoxy groups -OCH3 is 1. The van der Waals surface area contributed by atoms with Crippen LogP contribution in [0.2, 0.25) is 0 Å². The third-order valence-corrected chi connectivity index (χ3v) is 4.54. The van der Waals surface area contributed by atoms with Gasteiger partial charge in [-0.1, -0.05) is 0 Å². The largest absolute Gasteiger partial charge is 0.468 e. The van der Waals surface area contributed by atoms with Crippen molar-refractivity contribution in [3.63, 3.8) is 0 Å². The average Bonchev–Trinajstić information content (AvgIpc) is 2.20. The first-order valence-corrected chi connectivity index (χ1v) is 6.96. The van der Waals surface area contributed by atoms with E-state index >= 15 is 0 Å². The summed E-state index contributed by atoms with van der Waals surface area (Å²) in [6.07, 6.45) is 0. The van der Waals surface area contributed by atoms with Crippen LogP contribution in [0, 0.1) is 0 Å². The van der Waals surface area contributed by atoms with E-state index in [0.29, 0.717) is 13.1 Å². The molecule has 1 fully saturated rings. The molecule has 1 heterocycles. The Morgan fingerprint density at radius 3 is 2.75 bits per heavy atom. The quantitative estimate of drug-likeness (QED) is 0.620.